The van der Waals surface area contributed by atoms with Crippen LogP contribution in [-0.4, -0.2) is 11.7 Å². The van der Waals surface area contributed by atoms with Gasteiger partial charge in [-0.25, -0.2) is 0 Å². The van der Waals surface area contributed by atoms with Crippen LogP contribution in [0.2, 0.25) is 0 Å². The minimum absolute atomic E-state index is 0.0423. The number of halogens is 2. The van der Waals surface area contributed by atoms with Gasteiger partial charge in [0, 0.05) is 11.1 Å². The minimum atomic E-state index is -0.0423. The van der Waals surface area contributed by atoms with E-state index in [0.717, 1.165) is 10.0 Å². The van der Waals surface area contributed by atoms with Crippen LogP contribution in [0.15, 0.2) is 34.3 Å². The number of ether oxygens (including phenoxy) is 1. The minimum Gasteiger partial charge on any atom is -0.488 e. The van der Waals surface area contributed by atoms with Crippen LogP contribution in [-0.2, 0) is 6.61 Å². The second-order valence-corrected chi connectivity index (χ2v) is 3.67. The molecule has 1 rings (SSSR count). The van der Waals surface area contributed by atoms with Crippen LogP contribution in [0.3, 0.4) is 0 Å². The van der Waals surface area contributed by atoms with E-state index in [1.807, 2.05) is 18.2 Å². The summed E-state index contributed by atoms with van der Waals surface area (Å²) in [7, 11) is 0. The van der Waals surface area contributed by atoms with Gasteiger partial charge < -0.3 is 9.84 Å². The Kier molecular flexibility index (Phi) is 5.01. The van der Waals surface area contributed by atoms with E-state index in [0.29, 0.717) is 12.4 Å². The van der Waals surface area contributed by atoms with Crippen LogP contribution >= 0.6 is 27.5 Å². The quantitative estimate of drug-likeness (QED) is 0.916. The maximum atomic E-state index is 9.05. The first-order valence-electron chi connectivity index (χ1n) is 4.06. The fourth-order valence-corrected chi connectivity index (χ4v) is 1.60. The summed E-state index contributed by atoms with van der Waals surface area (Å²) in [6, 6.07) is 5.52. The molecule has 4 heteroatoms. The molecule has 1 N–H and O–H groups in total. The molecule has 0 aliphatic heterocycles. The lowest BCUT2D eigenvalue weighted by molar-refractivity contribution is 0.269. The van der Waals surface area contributed by atoms with Crippen molar-refractivity contribution in [3.8, 4) is 5.75 Å². The summed E-state index contributed by atoms with van der Waals surface area (Å²) in [5.41, 5.74) is 2.15. The highest BCUT2D eigenvalue weighted by Crippen LogP contribution is 2.28. The molecule has 0 unspecified atom stereocenters. The second kappa shape index (κ2) is 6.06. The van der Waals surface area contributed by atoms with Crippen LogP contribution in [0, 0.1) is 0 Å². The van der Waals surface area contributed by atoms with Crippen molar-refractivity contribution in [2.24, 2.45) is 0 Å². The summed E-state index contributed by atoms with van der Waals surface area (Å²) in [5.74, 6) is 0.657. The van der Waals surface area contributed by atoms with E-state index < -0.39 is 0 Å². The van der Waals surface area contributed by atoms with Crippen LogP contribution in [0.1, 0.15) is 5.56 Å². The number of benzene rings is 1. The van der Waals surface area contributed by atoms with Gasteiger partial charge in [0.25, 0.3) is 0 Å². The molecule has 0 atom stereocenters. The van der Waals surface area contributed by atoms with Crippen molar-refractivity contribution in [3.63, 3.8) is 0 Å². The molecule has 0 bridgehead atoms. The predicted molar refractivity (Wildman–Crippen MR) is 60.6 cm³/mol. The zero-order valence-electron chi connectivity index (χ0n) is 7.41. The highest BCUT2D eigenvalue weighted by atomic mass is 79.9. The molecule has 76 valence electrons. The summed E-state index contributed by atoms with van der Waals surface area (Å²) in [6.45, 7) is 0.346. The molecular weight excluding hydrogens is 267 g/mol. The van der Waals surface area contributed by atoms with Gasteiger partial charge in [-0.15, -0.1) is 0 Å². The molecule has 2 nitrogen and oxygen atoms in total. The molecule has 1 aromatic carbocycles. The van der Waals surface area contributed by atoms with Crippen LogP contribution in [0.5, 0.6) is 5.75 Å². The molecule has 14 heavy (non-hydrogen) atoms. The van der Waals surface area contributed by atoms with Crippen molar-refractivity contribution in [2.75, 3.05) is 6.61 Å². The van der Waals surface area contributed by atoms with Gasteiger partial charge in [-0.2, -0.15) is 0 Å². The molecule has 0 amide bonds. The van der Waals surface area contributed by atoms with Crippen LogP contribution in [0.25, 0.3) is 0 Å². The van der Waals surface area contributed by atoms with E-state index in [-0.39, 0.29) is 6.61 Å². The van der Waals surface area contributed by atoms with Crippen LogP contribution in [0.4, 0.5) is 0 Å². The van der Waals surface area contributed by atoms with Gasteiger partial charge in [-0.1, -0.05) is 23.7 Å². The monoisotopic (exact) mass is 276 g/mol. The molecule has 0 saturated carbocycles. The summed E-state index contributed by atoms with van der Waals surface area (Å²) >= 11 is 8.71. The Bertz CT molecular complexity index is 326. The highest BCUT2D eigenvalue weighted by molar-refractivity contribution is 9.10. The lowest BCUT2D eigenvalue weighted by Crippen LogP contribution is -1.98. The number of rotatable bonds is 4. The molecule has 0 saturated heterocycles. The number of hydrogen-bond donors (Lipinski definition) is 1. The van der Waals surface area contributed by atoms with E-state index >= 15 is 0 Å². The van der Waals surface area contributed by atoms with Gasteiger partial charge >= 0.3 is 0 Å². The summed E-state index contributed by atoms with van der Waals surface area (Å²) in [5, 5.41) is 9.05. The zero-order chi connectivity index (χ0) is 10.4. The maximum Gasteiger partial charge on any atom is 0.139 e. The Balaban J connectivity index is 2.82. The van der Waals surface area contributed by atoms with Gasteiger partial charge in [0.2, 0.25) is 0 Å². The Morgan fingerprint density at radius 3 is 2.93 bits per heavy atom. The Morgan fingerprint density at radius 1 is 1.50 bits per heavy atom. The van der Waals surface area contributed by atoms with Crippen molar-refractivity contribution in [1.29, 1.82) is 0 Å². The third kappa shape index (κ3) is 3.01. The highest BCUT2D eigenvalue weighted by Gasteiger charge is 2.05. The Labute approximate surface area is 96.3 Å². The average Bonchev–Trinajstić information content (AvgIpc) is 2.20. The smallest absolute Gasteiger partial charge is 0.139 e. The summed E-state index contributed by atoms with van der Waals surface area (Å²) < 4.78 is 6.25. The molecule has 1 aromatic rings. The van der Waals surface area contributed by atoms with Crippen molar-refractivity contribution in [1.82, 2.24) is 0 Å². The molecular formula is C10H10BrClO2. The lowest BCUT2D eigenvalue weighted by atomic mass is 10.2. The van der Waals surface area contributed by atoms with E-state index in [2.05, 4.69) is 15.9 Å². The number of para-hydroxylation sites is 1. The topological polar surface area (TPSA) is 29.5 Å². The average molecular weight is 278 g/mol. The number of hydrogen-bond acceptors (Lipinski definition) is 2. The normalized spacial score (nSPS) is 10.8. The first kappa shape index (κ1) is 11.6. The molecule has 0 aromatic heterocycles. The van der Waals surface area contributed by atoms with Crippen LogP contribution < -0.4 is 4.74 Å². The first-order chi connectivity index (χ1) is 6.79. The van der Waals surface area contributed by atoms with Gasteiger partial charge in [-0.05, 0) is 28.1 Å². The van der Waals surface area contributed by atoms with Gasteiger partial charge in [-0.3, -0.25) is 0 Å². The fourth-order valence-electron chi connectivity index (χ4n) is 1.01. The van der Waals surface area contributed by atoms with Crippen molar-refractivity contribution >= 4 is 27.5 Å². The third-order valence-corrected chi connectivity index (χ3v) is 2.43. The number of aliphatic hydroxyl groups excluding tert-OH is 1. The van der Waals surface area contributed by atoms with E-state index in [9.17, 15) is 0 Å². The van der Waals surface area contributed by atoms with E-state index in [4.69, 9.17) is 21.4 Å². The van der Waals surface area contributed by atoms with Gasteiger partial charge in [0.05, 0.1) is 11.1 Å². The fraction of sp³-hybridized carbons (Fsp3) is 0.200. The lowest BCUT2D eigenvalue weighted by Gasteiger charge is -2.09. The summed E-state index contributed by atoms with van der Waals surface area (Å²) in [6.07, 6.45) is 1.68. The van der Waals surface area contributed by atoms with E-state index in [1.165, 1.54) is 5.54 Å². The molecule has 0 heterocycles. The predicted octanol–water partition coefficient (Wildman–Crippen LogP) is 3.07. The Hall–Kier alpha value is -0.510. The SMILES string of the molecule is OCc1cccc(Br)c1OC/C=C/Cl. The second-order valence-electron chi connectivity index (χ2n) is 2.56. The maximum absolute atomic E-state index is 9.05. The molecule has 0 fully saturated rings. The molecule has 0 spiro atoms. The van der Waals surface area contributed by atoms with Crippen molar-refractivity contribution in [3.05, 3.63) is 39.8 Å². The van der Waals surface area contributed by atoms with E-state index in [1.54, 1.807) is 6.08 Å². The molecule has 0 aliphatic carbocycles. The van der Waals surface area contributed by atoms with Crippen molar-refractivity contribution < 1.29 is 9.84 Å². The zero-order valence-corrected chi connectivity index (χ0v) is 9.75. The third-order valence-electron chi connectivity index (χ3n) is 1.63. The van der Waals surface area contributed by atoms with Gasteiger partial charge in [0.15, 0.2) is 0 Å². The standard InChI is InChI=1S/C10H10BrClO2/c11-9-4-1-3-8(7-13)10(9)14-6-2-5-12/h1-5,13H,6-7H2/b5-2+. The first-order valence-corrected chi connectivity index (χ1v) is 5.28. The number of aliphatic hydroxyl groups is 1. The Morgan fingerprint density at radius 2 is 2.29 bits per heavy atom. The van der Waals surface area contributed by atoms with Gasteiger partial charge in [0.1, 0.15) is 12.4 Å². The largest absolute Gasteiger partial charge is 0.488 e. The van der Waals surface area contributed by atoms with Crippen molar-refractivity contribution in [2.45, 2.75) is 6.61 Å². The summed E-state index contributed by atoms with van der Waals surface area (Å²) in [4.78, 5) is 0. The molecule has 0 aliphatic rings. The molecule has 0 radical (unpaired) electrons.